The van der Waals surface area contributed by atoms with Gasteiger partial charge in [-0.25, -0.2) is 0 Å². The molecule has 27 heavy (non-hydrogen) atoms. The number of Topliss-reactive ketones (excluding diaryl/α,β-unsaturated/α-hetero) is 1. The molecule has 0 aliphatic carbocycles. The molecule has 0 bridgehead atoms. The van der Waals surface area contributed by atoms with Gasteiger partial charge in [0.25, 0.3) is 11.5 Å². The van der Waals surface area contributed by atoms with Crippen molar-refractivity contribution in [1.82, 2.24) is 4.57 Å². The van der Waals surface area contributed by atoms with Crippen LogP contribution in [0.5, 0.6) is 0 Å². The number of hydrogen-bond donors (Lipinski definition) is 1. The lowest BCUT2D eigenvalue weighted by molar-refractivity contribution is 0.101. The molecule has 1 heterocycles. The minimum absolute atomic E-state index is 0.0280. The number of rotatable bonds is 5. The molecular weight excluding hydrogens is 364 g/mol. The molecule has 5 nitrogen and oxygen atoms in total. The first-order valence-electron chi connectivity index (χ1n) is 8.31. The van der Waals surface area contributed by atoms with Gasteiger partial charge in [-0.05, 0) is 55.0 Å². The molecule has 0 unspecified atom stereocenters. The number of amides is 1. The summed E-state index contributed by atoms with van der Waals surface area (Å²) in [5.74, 6) is -0.567. The maximum absolute atomic E-state index is 12.7. The van der Waals surface area contributed by atoms with Crippen LogP contribution in [-0.2, 0) is 6.54 Å². The van der Waals surface area contributed by atoms with Crippen molar-refractivity contribution in [3.63, 3.8) is 0 Å². The lowest BCUT2D eigenvalue weighted by Crippen LogP contribution is -2.29. The van der Waals surface area contributed by atoms with E-state index in [9.17, 15) is 14.4 Å². The van der Waals surface area contributed by atoms with Gasteiger partial charge >= 0.3 is 0 Å². The third-order valence-electron chi connectivity index (χ3n) is 4.11. The van der Waals surface area contributed by atoms with Crippen LogP contribution >= 0.6 is 11.6 Å². The third kappa shape index (κ3) is 4.33. The molecule has 0 saturated heterocycles. The maximum atomic E-state index is 12.7. The van der Waals surface area contributed by atoms with Gasteiger partial charge in [0.1, 0.15) is 5.56 Å². The van der Waals surface area contributed by atoms with Gasteiger partial charge in [-0.1, -0.05) is 29.8 Å². The molecule has 1 N–H and O–H groups in total. The van der Waals surface area contributed by atoms with Crippen LogP contribution in [0.15, 0.2) is 71.7 Å². The Bertz CT molecular complexity index is 1060. The fraction of sp³-hybridized carbons (Fsp3) is 0.0952. The second-order valence-electron chi connectivity index (χ2n) is 6.03. The zero-order valence-corrected chi connectivity index (χ0v) is 15.4. The number of carbonyl (C=O) groups is 2. The average molecular weight is 381 g/mol. The van der Waals surface area contributed by atoms with Gasteiger partial charge in [0, 0.05) is 22.5 Å². The smallest absolute Gasteiger partial charge is 0.263 e. The number of nitrogens with one attached hydrogen (secondary N) is 1. The first kappa shape index (κ1) is 18.6. The Balaban J connectivity index is 1.82. The van der Waals surface area contributed by atoms with Gasteiger partial charge in [0.05, 0.1) is 6.54 Å². The van der Waals surface area contributed by atoms with Crippen LogP contribution in [0, 0.1) is 0 Å². The molecule has 0 fully saturated rings. The lowest BCUT2D eigenvalue weighted by atomic mass is 10.1. The number of anilines is 1. The largest absolute Gasteiger partial charge is 0.322 e. The van der Waals surface area contributed by atoms with E-state index in [2.05, 4.69) is 5.32 Å². The Morgan fingerprint density at radius 2 is 1.70 bits per heavy atom. The number of aromatic nitrogens is 1. The molecule has 0 radical (unpaired) electrons. The van der Waals surface area contributed by atoms with Crippen LogP contribution in [0.1, 0.15) is 33.2 Å². The van der Waals surface area contributed by atoms with E-state index in [-0.39, 0.29) is 17.9 Å². The molecular formula is C21H17ClN2O3. The van der Waals surface area contributed by atoms with E-state index < -0.39 is 11.5 Å². The lowest BCUT2D eigenvalue weighted by Gasteiger charge is -2.10. The first-order chi connectivity index (χ1) is 13.0. The average Bonchev–Trinajstić information content (AvgIpc) is 2.65. The van der Waals surface area contributed by atoms with Crippen LogP contribution < -0.4 is 10.9 Å². The molecule has 1 aromatic heterocycles. The molecule has 1 amide bonds. The number of nitrogens with zero attached hydrogens (tertiary/aromatic N) is 1. The third-order valence-corrected chi connectivity index (χ3v) is 4.48. The Labute approximate surface area is 161 Å². The molecule has 6 heteroatoms. The molecule has 3 rings (SSSR count). The predicted octanol–water partition coefficient (Wildman–Crippen LogP) is 4.00. The van der Waals surface area contributed by atoms with Crippen LogP contribution in [0.2, 0.25) is 5.02 Å². The Morgan fingerprint density at radius 3 is 2.37 bits per heavy atom. The van der Waals surface area contributed by atoms with Crippen LogP contribution in [0.3, 0.4) is 0 Å². The summed E-state index contributed by atoms with van der Waals surface area (Å²) in [6, 6.07) is 16.9. The Morgan fingerprint density at radius 1 is 1.00 bits per heavy atom. The summed E-state index contributed by atoms with van der Waals surface area (Å²) < 4.78 is 1.44. The van der Waals surface area contributed by atoms with Crippen molar-refractivity contribution in [2.75, 3.05) is 5.32 Å². The summed E-state index contributed by atoms with van der Waals surface area (Å²) in [5.41, 5.74) is 1.47. The highest BCUT2D eigenvalue weighted by atomic mass is 35.5. The van der Waals surface area contributed by atoms with E-state index in [1.54, 1.807) is 42.6 Å². The topological polar surface area (TPSA) is 68.2 Å². The minimum Gasteiger partial charge on any atom is -0.322 e. The summed E-state index contributed by atoms with van der Waals surface area (Å²) in [7, 11) is 0. The van der Waals surface area contributed by atoms with E-state index in [1.165, 1.54) is 17.6 Å². The monoisotopic (exact) mass is 380 g/mol. The number of carbonyl (C=O) groups excluding carboxylic acids is 2. The van der Waals surface area contributed by atoms with Crippen molar-refractivity contribution in [3.05, 3.63) is 98.9 Å². The number of benzene rings is 2. The SMILES string of the molecule is CC(=O)c1ccc(NC(=O)c2cccn(Cc3ccccc3Cl)c2=O)cc1. The highest BCUT2D eigenvalue weighted by Crippen LogP contribution is 2.16. The summed E-state index contributed by atoms with van der Waals surface area (Å²) >= 11 is 6.15. The van der Waals surface area contributed by atoms with Crippen molar-refractivity contribution in [2.45, 2.75) is 13.5 Å². The molecule has 0 aliphatic heterocycles. The van der Waals surface area contributed by atoms with Gasteiger partial charge in [-0.15, -0.1) is 0 Å². The fourth-order valence-corrected chi connectivity index (χ4v) is 2.83. The van der Waals surface area contributed by atoms with Gasteiger partial charge in [0.15, 0.2) is 5.78 Å². The normalized spacial score (nSPS) is 10.4. The number of ketones is 1. The van der Waals surface area contributed by atoms with E-state index in [0.29, 0.717) is 16.3 Å². The van der Waals surface area contributed by atoms with Crippen molar-refractivity contribution in [1.29, 1.82) is 0 Å². The molecule has 2 aromatic carbocycles. The maximum Gasteiger partial charge on any atom is 0.263 e. The highest BCUT2D eigenvalue weighted by Gasteiger charge is 2.13. The van der Waals surface area contributed by atoms with E-state index in [4.69, 9.17) is 11.6 Å². The van der Waals surface area contributed by atoms with E-state index in [0.717, 1.165) is 5.56 Å². The molecule has 0 aliphatic rings. The summed E-state index contributed by atoms with van der Waals surface area (Å²) in [4.78, 5) is 36.5. The summed E-state index contributed by atoms with van der Waals surface area (Å²) in [6.45, 7) is 1.74. The first-order valence-corrected chi connectivity index (χ1v) is 8.68. The standard InChI is InChI=1S/C21H17ClN2O3/c1-14(25)15-8-10-17(11-9-15)23-20(26)18-6-4-12-24(21(18)27)13-16-5-2-3-7-19(16)22/h2-12H,13H2,1H3,(H,23,26). The predicted molar refractivity (Wildman–Crippen MR) is 106 cm³/mol. The number of halogens is 1. The fourth-order valence-electron chi connectivity index (χ4n) is 2.63. The van der Waals surface area contributed by atoms with Crippen LogP contribution in [0.25, 0.3) is 0 Å². The van der Waals surface area contributed by atoms with E-state index >= 15 is 0 Å². The van der Waals surface area contributed by atoms with Gasteiger partial charge < -0.3 is 9.88 Å². The van der Waals surface area contributed by atoms with Crippen molar-refractivity contribution >= 4 is 29.0 Å². The number of hydrogen-bond acceptors (Lipinski definition) is 3. The zero-order valence-electron chi connectivity index (χ0n) is 14.6. The molecule has 0 saturated carbocycles. The molecule has 3 aromatic rings. The summed E-state index contributed by atoms with van der Waals surface area (Å²) in [6.07, 6.45) is 1.62. The van der Waals surface area contributed by atoms with Gasteiger partial charge in [-0.2, -0.15) is 0 Å². The second kappa shape index (κ2) is 8.01. The molecule has 0 spiro atoms. The Hall–Kier alpha value is -3.18. The van der Waals surface area contributed by atoms with Crippen LogP contribution in [-0.4, -0.2) is 16.3 Å². The minimum atomic E-state index is -0.510. The summed E-state index contributed by atoms with van der Waals surface area (Å²) in [5, 5.41) is 3.24. The van der Waals surface area contributed by atoms with Gasteiger partial charge in [0.2, 0.25) is 0 Å². The van der Waals surface area contributed by atoms with Crippen LogP contribution in [0.4, 0.5) is 5.69 Å². The van der Waals surface area contributed by atoms with E-state index in [1.807, 2.05) is 18.2 Å². The van der Waals surface area contributed by atoms with Crippen molar-refractivity contribution < 1.29 is 9.59 Å². The van der Waals surface area contributed by atoms with Gasteiger partial charge in [-0.3, -0.25) is 14.4 Å². The molecule has 136 valence electrons. The van der Waals surface area contributed by atoms with Crippen molar-refractivity contribution in [3.8, 4) is 0 Å². The quantitative estimate of drug-likeness (QED) is 0.680. The van der Waals surface area contributed by atoms with Crippen molar-refractivity contribution in [2.24, 2.45) is 0 Å². The molecule has 0 atom stereocenters. The number of pyridine rings is 1. The zero-order chi connectivity index (χ0) is 19.4. The highest BCUT2D eigenvalue weighted by molar-refractivity contribution is 6.31. The Kier molecular flexibility index (Phi) is 5.52. The second-order valence-corrected chi connectivity index (χ2v) is 6.44.